The van der Waals surface area contributed by atoms with Crippen molar-refractivity contribution in [1.29, 1.82) is 0 Å². The molecule has 1 aromatic carbocycles. The fourth-order valence-corrected chi connectivity index (χ4v) is 3.37. The van der Waals surface area contributed by atoms with Crippen molar-refractivity contribution in [1.82, 2.24) is 4.57 Å². The molecule has 0 spiro atoms. The molecule has 1 atom stereocenters. The zero-order valence-electron chi connectivity index (χ0n) is 10.8. The SMILES string of the molecule is CCn1c2c(c3cc(Cl)ccc31)CC(C(=O)O)CC2. The predicted octanol–water partition coefficient (Wildman–Crippen LogP) is 3.50. The Hall–Kier alpha value is -1.48. The summed E-state index contributed by atoms with van der Waals surface area (Å²) >= 11 is 6.09. The molecule has 1 aromatic heterocycles. The molecule has 1 heterocycles. The Morgan fingerprint density at radius 1 is 1.53 bits per heavy atom. The van der Waals surface area contributed by atoms with Crippen LogP contribution in [-0.4, -0.2) is 15.6 Å². The highest BCUT2D eigenvalue weighted by Crippen LogP contribution is 2.35. The number of hydrogen-bond donors (Lipinski definition) is 1. The number of benzene rings is 1. The van der Waals surface area contributed by atoms with E-state index in [0.717, 1.165) is 24.8 Å². The van der Waals surface area contributed by atoms with Gasteiger partial charge in [-0.2, -0.15) is 0 Å². The van der Waals surface area contributed by atoms with Gasteiger partial charge in [0.15, 0.2) is 0 Å². The summed E-state index contributed by atoms with van der Waals surface area (Å²) in [7, 11) is 0. The molecule has 100 valence electrons. The van der Waals surface area contributed by atoms with Crippen molar-refractivity contribution in [3.05, 3.63) is 34.5 Å². The molecule has 4 heteroatoms. The van der Waals surface area contributed by atoms with Crippen LogP contribution in [0.3, 0.4) is 0 Å². The first-order chi connectivity index (χ1) is 9.11. The van der Waals surface area contributed by atoms with Gasteiger partial charge in [0.2, 0.25) is 0 Å². The maximum absolute atomic E-state index is 11.2. The van der Waals surface area contributed by atoms with Gasteiger partial charge in [-0.25, -0.2) is 0 Å². The second-order valence-electron chi connectivity index (χ2n) is 5.11. The topological polar surface area (TPSA) is 42.2 Å². The first kappa shape index (κ1) is 12.5. The second-order valence-corrected chi connectivity index (χ2v) is 5.55. The van der Waals surface area contributed by atoms with Crippen LogP contribution in [0.4, 0.5) is 0 Å². The van der Waals surface area contributed by atoms with Gasteiger partial charge in [0, 0.05) is 28.2 Å². The van der Waals surface area contributed by atoms with Gasteiger partial charge < -0.3 is 9.67 Å². The second kappa shape index (κ2) is 4.57. The van der Waals surface area contributed by atoms with Crippen LogP contribution in [0.1, 0.15) is 24.6 Å². The first-order valence-corrected chi connectivity index (χ1v) is 7.02. The maximum Gasteiger partial charge on any atom is 0.306 e. The summed E-state index contributed by atoms with van der Waals surface area (Å²) in [5, 5.41) is 11.1. The predicted molar refractivity (Wildman–Crippen MR) is 75.8 cm³/mol. The molecule has 0 amide bonds. The number of carboxylic acids is 1. The Balaban J connectivity index is 2.22. The van der Waals surface area contributed by atoms with E-state index >= 15 is 0 Å². The highest BCUT2D eigenvalue weighted by Gasteiger charge is 2.28. The maximum atomic E-state index is 11.2. The van der Waals surface area contributed by atoms with Crippen LogP contribution in [0.25, 0.3) is 10.9 Å². The molecule has 0 fully saturated rings. The molecular weight excluding hydrogens is 262 g/mol. The average Bonchev–Trinajstić information content (AvgIpc) is 2.71. The average molecular weight is 278 g/mol. The molecule has 1 aliphatic carbocycles. The van der Waals surface area contributed by atoms with Crippen molar-refractivity contribution in [2.75, 3.05) is 0 Å². The van der Waals surface area contributed by atoms with E-state index in [1.165, 1.54) is 16.8 Å². The fraction of sp³-hybridized carbons (Fsp3) is 0.400. The van der Waals surface area contributed by atoms with Gasteiger partial charge in [0.25, 0.3) is 0 Å². The van der Waals surface area contributed by atoms with Crippen LogP contribution >= 0.6 is 11.6 Å². The molecule has 0 saturated heterocycles. The fourth-order valence-electron chi connectivity index (χ4n) is 3.19. The van der Waals surface area contributed by atoms with E-state index in [-0.39, 0.29) is 5.92 Å². The van der Waals surface area contributed by atoms with E-state index in [1.807, 2.05) is 18.2 Å². The Morgan fingerprint density at radius 3 is 3.00 bits per heavy atom. The van der Waals surface area contributed by atoms with E-state index in [1.54, 1.807) is 0 Å². The largest absolute Gasteiger partial charge is 0.481 e. The molecule has 0 radical (unpaired) electrons. The summed E-state index contributed by atoms with van der Waals surface area (Å²) in [6.07, 6.45) is 2.19. The summed E-state index contributed by atoms with van der Waals surface area (Å²) in [6, 6.07) is 5.90. The third-order valence-corrected chi connectivity index (χ3v) is 4.33. The summed E-state index contributed by atoms with van der Waals surface area (Å²) in [4.78, 5) is 11.2. The van der Waals surface area contributed by atoms with E-state index in [9.17, 15) is 9.90 Å². The summed E-state index contributed by atoms with van der Waals surface area (Å²) in [6.45, 7) is 3.03. The summed E-state index contributed by atoms with van der Waals surface area (Å²) in [5.74, 6) is -0.951. The molecule has 2 aromatic rings. The van der Waals surface area contributed by atoms with Crippen LogP contribution < -0.4 is 0 Å². The van der Waals surface area contributed by atoms with Gasteiger partial charge in [-0.1, -0.05) is 11.6 Å². The number of carbonyl (C=O) groups is 1. The molecule has 1 aliphatic rings. The minimum atomic E-state index is -0.690. The van der Waals surface area contributed by atoms with Crippen LogP contribution in [-0.2, 0) is 24.2 Å². The van der Waals surface area contributed by atoms with Gasteiger partial charge in [0.05, 0.1) is 5.92 Å². The first-order valence-electron chi connectivity index (χ1n) is 6.64. The number of carboxylic acid groups (broad SMARTS) is 1. The molecule has 0 aliphatic heterocycles. The van der Waals surface area contributed by atoms with Crippen molar-refractivity contribution in [2.24, 2.45) is 5.92 Å². The zero-order valence-corrected chi connectivity index (χ0v) is 11.6. The number of aromatic nitrogens is 1. The van der Waals surface area contributed by atoms with Crippen molar-refractivity contribution in [3.63, 3.8) is 0 Å². The van der Waals surface area contributed by atoms with Crippen molar-refractivity contribution < 1.29 is 9.90 Å². The number of fused-ring (bicyclic) bond motifs is 3. The molecule has 0 saturated carbocycles. The number of aryl methyl sites for hydroxylation is 1. The van der Waals surface area contributed by atoms with E-state index in [2.05, 4.69) is 11.5 Å². The Bertz CT molecular complexity index is 660. The minimum Gasteiger partial charge on any atom is -0.481 e. The highest BCUT2D eigenvalue weighted by atomic mass is 35.5. The Kier molecular flexibility index (Phi) is 3.02. The number of halogens is 1. The van der Waals surface area contributed by atoms with Gasteiger partial charge in [-0.05, 0) is 49.9 Å². The molecule has 3 nitrogen and oxygen atoms in total. The van der Waals surface area contributed by atoms with E-state index < -0.39 is 5.97 Å². The zero-order chi connectivity index (χ0) is 13.6. The van der Waals surface area contributed by atoms with E-state index in [0.29, 0.717) is 11.4 Å². The smallest absolute Gasteiger partial charge is 0.306 e. The summed E-state index contributed by atoms with van der Waals surface area (Å²) < 4.78 is 2.29. The van der Waals surface area contributed by atoms with Gasteiger partial charge in [0.1, 0.15) is 0 Å². The minimum absolute atomic E-state index is 0.262. The number of rotatable bonds is 2. The summed E-state index contributed by atoms with van der Waals surface area (Å²) in [5.41, 5.74) is 3.64. The lowest BCUT2D eigenvalue weighted by atomic mass is 9.86. The van der Waals surface area contributed by atoms with E-state index in [4.69, 9.17) is 11.6 Å². The number of hydrogen-bond acceptors (Lipinski definition) is 1. The third kappa shape index (κ3) is 1.93. The Labute approximate surface area is 116 Å². The lowest BCUT2D eigenvalue weighted by Gasteiger charge is -2.20. The van der Waals surface area contributed by atoms with Crippen LogP contribution in [0, 0.1) is 5.92 Å². The molecule has 0 bridgehead atoms. The Morgan fingerprint density at radius 2 is 2.32 bits per heavy atom. The number of aliphatic carboxylic acids is 1. The molecule has 1 unspecified atom stereocenters. The van der Waals surface area contributed by atoms with Gasteiger partial charge in [-0.15, -0.1) is 0 Å². The van der Waals surface area contributed by atoms with Crippen molar-refractivity contribution >= 4 is 28.5 Å². The monoisotopic (exact) mass is 277 g/mol. The van der Waals surface area contributed by atoms with Crippen molar-refractivity contribution in [2.45, 2.75) is 32.7 Å². The quantitative estimate of drug-likeness (QED) is 0.913. The normalized spacial score (nSPS) is 18.5. The molecule has 1 N–H and O–H groups in total. The van der Waals surface area contributed by atoms with Crippen LogP contribution in [0.2, 0.25) is 5.02 Å². The van der Waals surface area contributed by atoms with Crippen molar-refractivity contribution in [3.8, 4) is 0 Å². The molecular formula is C15H16ClNO2. The molecule has 19 heavy (non-hydrogen) atoms. The van der Waals surface area contributed by atoms with Crippen LogP contribution in [0.15, 0.2) is 18.2 Å². The molecule has 3 rings (SSSR count). The third-order valence-electron chi connectivity index (χ3n) is 4.09. The van der Waals surface area contributed by atoms with Crippen LogP contribution in [0.5, 0.6) is 0 Å². The van der Waals surface area contributed by atoms with Gasteiger partial charge >= 0.3 is 5.97 Å². The lowest BCUT2D eigenvalue weighted by Crippen LogP contribution is -2.22. The number of nitrogens with zero attached hydrogens (tertiary/aromatic N) is 1. The standard InChI is InChI=1S/C15H16ClNO2/c1-2-17-13-5-3-9(15(18)19)7-11(13)12-8-10(16)4-6-14(12)17/h4,6,8-9H,2-3,5,7H2,1H3,(H,18,19). The highest BCUT2D eigenvalue weighted by molar-refractivity contribution is 6.31. The van der Waals surface area contributed by atoms with Gasteiger partial charge in [-0.3, -0.25) is 4.79 Å². The lowest BCUT2D eigenvalue weighted by molar-refractivity contribution is -0.142.